The SMILES string of the molecule is COc1ccc(CCCCC(=O)N[C@H](c2ccc(C)cc2)[C@H](C)S(C)(=O)=O)cc1. The number of unbranched alkanes of at least 4 members (excludes halogenated alkanes) is 1. The van der Waals surface area contributed by atoms with Crippen LogP contribution in [0.15, 0.2) is 48.5 Å². The molecule has 0 spiro atoms. The number of ether oxygens (including phenoxy) is 1. The Kier molecular flexibility index (Phi) is 8.26. The normalized spacial score (nSPS) is 13.5. The van der Waals surface area contributed by atoms with Crippen LogP contribution < -0.4 is 10.1 Å². The van der Waals surface area contributed by atoms with Crippen LogP contribution in [0, 0.1) is 6.92 Å². The molecule has 0 bridgehead atoms. The quantitative estimate of drug-likeness (QED) is 0.593. The average Bonchev–Trinajstić information content (AvgIpc) is 2.69. The third kappa shape index (κ3) is 7.20. The zero-order valence-corrected chi connectivity index (χ0v) is 18.5. The Morgan fingerprint density at radius 3 is 2.21 bits per heavy atom. The summed E-state index contributed by atoms with van der Waals surface area (Å²) < 4.78 is 29.3. The summed E-state index contributed by atoms with van der Waals surface area (Å²) in [5.41, 5.74) is 3.10. The molecule has 0 saturated heterocycles. The minimum atomic E-state index is -3.30. The zero-order chi connectivity index (χ0) is 21.4. The van der Waals surface area contributed by atoms with Crippen LogP contribution >= 0.6 is 0 Å². The summed E-state index contributed by atoms with van der Waals surface area (Å²) in [6, 6.07) is 15.0. The molecule has 2 rings (SSSR count). The van der Waals surface area contributed by atoms with Crippen molar-refractivity contribution in [1.29, 1.82) is 0 Å². The Morgan fingerprint density at radius 1 is 1.03 bits per heavy atom. The monoisotopic (exact) mass is 417 g/mol. The molecule has 0 radical (unpaired) electrons. The first-order valence-electron chi connectivity index (χ1n) is 9.88. The van der Waals surface area contributed by atoms with Crippen molar-refractivity contribution in [3.63, 3.8) is 0 Å². The minimum absolute atomic E-state index is 0.124. The van der Waals surface area contributed by atoms with Gasteiger partial charge in [-0.05, 0) is 56.4 Å². The molecule has 0 aliphatic heterocycles. The number of methoxy groups -OCH3 is 1. The molecule has 0 heterocycles. The second kappa shape index (κ2) is 10.4. The molecule has 0 saturated carbocycles. The van der Waals surface area contributed by atoms with Crippen LogP contribution in [0.2, 0.25) is 0 Å². The lowest BCUT2D eigenvalue weighted by Gasteiger charge is -2.24. The van der Waals surface area contributed by atoms with Crippen molar-refractivity contribution >= 4 is 15.7 Å². The number of hydrogen-bond donors (Lipinski definition) is 1. The maximum Gasteiger partial charge on any atom is 0.220 e. The summed E-state index contributed by atoms with van der Waals surface area (Å²) in [5.74, 6) is 0.705. The Morgan fingerprint density at radius 2 is 1.66 bits per heavy atom. The van der Waals surface area contributed by atoms with E-state index in [1.54, 1.807) is 14.0 Å². The maximum atomic E-state index is 12.5. The van der Waals surface area contributed by atoms with Gasteiger partial charge in [-0.25, -0.2) is 8.42 Å². The number of amides is 1. The number of carbonyl (C=O) groups excluding carboxylic acids is 1. The lowest BCUT2D eigenvalue weighted by molar-refractivity contribution is -0.122. The number of rotatable bonds is 10. The van der Waals surface area contributed by atoms with E-state index in [1.165, 1.54) is 11.8 Å². The van der Waals surface area contributed by atoms with Crippen LogP contribution in [0.4, 0.5) is 0 Å². The standard InChI is InChI=1S/C23H31NO4S/c1-17-9-13-20(14-10-17)23(18(2)29(4,26)27)24-22(25)8-6-5-7-19-11-15-21(28-3)16-12-19/h9-16,18,23H,5-8H2,1-4H3,(H,24,25)/t18-,23-/m0/s1. The van der Waals surface area contributed by atoms with Gasteiger partial charge in [0, 0.05) is 12.7 Å². The molecular formula is C23H31NO4S. The van der Waals surface area contributed by atoms with E-state index in [-0.39, 0.29) is 5.91 Å². The fourth-order valence-corrected chi connectivity index (χ4v) is 3.86. The predicted octanol–water partition coefficient (Wildman–Crippen LogP) is 4.01. The number of sulfone groups is 1. The van der Waals surface area contributed by atoms with E-state index in [0.29, 0.717) is 6.42 Å². The Hall–Kier alpha value is -2.34. The second-order valence-corrected chi connectivity index (χ2v) is 9.95. The average molecular weight is 418 g/mol. The summed E-state index contributed by atoms with van der Waals surface area (Å²) in [4.78, 5) is 12.5. The topological polar surface area (TPSA) is 72.5 Å². The Balaban J connectivity index is 1.92. The summed E-state index contributed by atoms with van der Waals surface area (Å²) in [5, 5.41) is 2.24. The van der Waals surface area contributed by atoms with Gasteiger partial charge in [-0.2, -0.15) is 0 Å². The van der Waals surface area contributed by atoms with Crippen molar-refractivity contribution in [2.75, 3.05) is 13.4 Å². The minimum Gasteiger partial charge on any atom is -0.497 e. The number of carbonyl (C=O) groups is 1. The van der Waals surface area contributed by atoms with E-state index >= 15 is 0 Å². The highest BCUT2D eigenvalue weighted by Crippen LogP contribution is 2.23. The summed E-state index contributed by atoms with van der Waals surface area (Å²) in [7, 11) is -1.66. The maximum absolute atomic E-state index is 12.5. The molecule has 2 aromatic rings. The van der Waals surface area contributed by atoms with Gasteiger partial charge >= 0.3 is 0 Å². The van der Waals surface area contributed by atoms with Crippen molar-refractivity contribution in [3.8, 4) is 5.75 Å². The first-order chi connectivity index (χ1) is 13.7. The summed E-state index contributed by atoms with van der Waals surface area (Å²) in [6.07, 6.45) is 4.09. The fourth-order valence-electron chi connectivity index (χ4n) is 3.15. The van der Waals surface area contributed by atoms with Crippen molar-refractivity contribution in [3.05, 3.63) is 65.2 Å². The van der Waals surface area contributed by atoms with E-state index in [1.807, 2.05) is 55.5 Å². The third-order valence-corrected chi connectivity index (χ3v) is 6.80. The lowest BCUT2D eigenvalue weighted by Crippen LogP contribution is -2.38. The van der Waals surface area contributed by atoms with Gasteiger partial charge in [0.05, 0.1) is 18.4 Å². The van der Waals surface area contributed by atoms with Gasteiger partial charge in [0.15, 0.2) is 9.84 Å². The molecule has 0 aliphatic carbocycles. The molecule has 29 heavy (non-hydrogen) atoms. The first kappa shape index (κ1) is 22.9. The van der Waals surface area contributed by atoms with Crippen molar-refractivity contribution < 1.29 is 17.9 Å². The van der Waals surface area contributed by atoms with Gasteiger partial charge in [0.25, 0.3) is 0 Å². The van der Waals surface area contributed by atoms with Gasteiger partial charge in [-0.1, -0.05) is 42.0 Å². The Bertz CT molecular complexity index is 889. The molecule has 5 nitrogen and oxygen atoms in total. The lowest BCUT2D eigenvalue weighted by atomic mass is 10.0. The van der Waals surface area contributed by atoms with Crippen LogP contribution in [-0.4, -0.2) is 32.9 Å². The second-order valence-electron chi connectivity index (χ2n) is 7.55. The molecule has 0 fully saturated rings. The van der Waals surface area contributed by atoms with Gasteiger partial charge in [-0.15, -0.1) is 0 Å². The van der Waals surface area contributed by atoms with E-state index in [0.717, 1.165) is 36.1 Å². The van der Waals surface area contributed by atoms with Crippen LogP contribution in [-0.2, 0) is 21.1 Å². The van der Waals surface area contributed by atoms with Crippen LogP contribution in [0.25, 0.3) is 0 Å². The molecule has 0 unspecified atom stereocenters. The predicted molar refractivity (Wildman–Crippen MR) is 117 cm³/mol. The number of aryl methyl sites for hydroxylation is 2. The van der Waals surface area contributed by atoms with Gasteiger partial charge in [0.2, 0.25) is 5.91 Å². The number of nitrogens with one attached hydrogen (secondary N) is 1. The van der Waals surface area contributed by atoms with E-state index in [4.69, 9.17) is 4.74 Å². The molecule has 0 aliphatic rings. The highest BCUT2D eigenvalue weighted by atomic mass is 32.2. The highest BCUT2D eigenvalue weighted by Gasteiger charge is 2.28. The molecule has 2 aromatic carbocycles. The van der Waals surface area contributed by atoms with E-state index < -0.39 is 21.1 Å². The number of hydrogen-bond acceptors (Lipinski definition) is 4. The molecule has 1 amide bonds. The molecular weight excluding hydrogens is 386 g/mol. The fraction of sp³-hybridized carbons (Fsp3) is 0.435. The smallest absolute Gasteiger partial charge is 0.220 e. The molecule has 1 N–H and O–H groups in total. The molecule has 6 heteroatoms. The van der Waals surface area contributed by atoms with Gasteiger partial charge in [-0.3, -0.25) is 4.79 Å². The van der Waals surface area contributed by atoms with Crippen molar-refractivity contribution in [2.24, 2.45) is 0 Å². The largest absolute Gasteiger partial charge is 0.497 e. The van der Waals surface area contributed by atoms with Gasteiger partial charge < -0.3 is 10.1 Å². The molecule has 2 atom stereocenters. The highest BCUT2D eigenvalue weighted by molar-refractivity contribution is 7.91. The van der Waals surface area contributed by atoms with Crippen molar-refractivity contribution in [1.82, 2.24) is 5.32 Å². The molecule has 158 valence electrons. The third-order valence-electron chi connectivity index (χ3n) is 5.18. The number of benzene rings is 2. The van der Waals surface area contributed by atoms with Crippen LogP contribution in [0.1, 0.15) is 48.9 Å². The van der Waals surface area contributed by atoms with E-state index in [2.05, 4.69) is 5.32 Å². The molecule has 0 aromatic heterocycles. The summed E-state index contributed by atoms with van der Waals surface area (Å²) in [6.45, 7) is 3.62. The zero-order valence-electron chi connectivity index (χ0n) is 17.6. The first-order valence-corrected chi connectivity index (χ1v) is 11.8. The summed E-state index contributed by atoms with van der Waals surface area (Å²) >= 11 is 0. The Labute approximate surface area is 174 Å². The van der Waals surface area contributed by atoms with Crippen molar-refractivity contribution in [2.45, 2.75) is 50.8 Å². The van der Waals surface area contributed by atoms with Gasteiger partial charge in [0.1, 0.15) is 5.75 Å². The van der Waals surface area contributed by atoms with E-state index in [9.17, 15) is 13.2 Å². The van der Waals surface area contributed by atoms with Crippen LogP contribution in [0.3, 0.4) is 0 Å². The van der Waals surface area contributed by atoms with Crippen LogP contribution in [0.5, 0.6) is 5.75 Å².